The first-order valence-electron chi connectivity index (χ1n) is 6.16. The highest BCUT2D eigenvalue weighted by Gasteiger charge is 2.48. The number of fused-ring (bicyclic) bond motifs is 1. The van der Waals surface area contributed by atoms with E-state index in [4.69, 9.17) is 0 Å². The SMILES string of the molecule is Cc1cccc2c1cc(-c1ccccc1)[s+]2C(F)(F)F.[Cl-]. The molecule has 0 aliphatic heterocycles. The number of hydrogen-bond donors (Lipinski definition) is 0. The number of halogens is 4. The monoisotopic (exact) mass is 328 g/mol. The van der Waals surface area contributed by atoms with Gasteiger partial charge in [0.05, 0.1) is 0 Å². The summed E-state index contributed by atoms with van der Waals surface area (Å²) in [5.41, 5.74) is -2.72. The Morgan fingerprint density at radius 3 is 2.19 bits per heavy atom. The molecule has 1 unspecified atom stereocenters. The van der Waals surface area contributed by atoms with Crippen molar-refractivity contribution in [1.29, 1.82) is 0 Å². The van der Waals surface area contributed by atoms with Crippen molar-refractivity contribution in [3.05, 3.63) is 60.2 Å². The largest absolute Gasteiger partial charge is 1.00 e. The lowest BCUT2D eigenvalue weighted by Gasteiger charge is -2.00. The third kappa shape index (κ3) is 2.78. The second-order valence-electron chi connectivity index (χ2n) is 4.61. The zero-order chi connectivity index (χ0) is 14.3. The fourth-order valence-electron chi connectivity index (χ4n) is 2.38. The van der Waals surface area contributed by atoms with Crippen LogP contribution >= 0.6 is 10.5 Å². The van der Waals surface area contributed by atoms with E-state index in [9.17, 15) is 13.2 Å². The molecule has 0 radical (unpaired) electrons. The van der Waals surface area contributed by atoms with Gasteiger partial charge in [0, 0.05) is 17.0 Å². The van der Waals surface area contributed by atoms with E-state index in [-0.39, 0.29) is 12.4 Å². The van der Waals surface area contributed by atoms with Crippen LogP contribution in [0.1, 0.15) is 5.56 Å². The predicted octanol–water partition coefficient (Wildman–Crippen LogP) is 3.04. The van der Waals surface area contributed by atoms with Crippen LogP contribution in [0.3, 0.4) is 0 Å². The number of benzene rings is 2. The van der Waals surface area contributed by atoms with Crippen LogP contribution in [0.2, 0.25) is 0 Å². The Hall–Kier alpha value is -1.52. The molecule has 0 aliphatic carbocycles. The fourth-order valence-corrected chi connectivity index (χ4v) is 4.38. The van der Waals surface area contributed by atoms with E-state index >= 15 is 0 Å². The van der Waals surface area contributed by atoms with Crippen LogP contribution in [0, 0.1) is 6.92 Å². The first-order chi connectivity index (χ1) is 9.48. The highest BCUT2D eigenvalue weighted by atomic mass is 35.5. The Balaban J connectivity index is 0.00000161. The summed E-state index contributed by atoms with van der Waals surface area (Å²) < 4.78 is 40.8. The second-order valence-corrected chi connectivity index (χ2v) is 6.57. The molecule has 0 fully saturated rings. The third-order valence-corrected chi connectivity index (χ3v) is 5.34. The summed E-state index contributed by atoms with van der Waals surface area (Å²) in [5, 5.41) is 0.715. The van der Waals surface area contributed by atoms with Crippen LogP contribution in [-0.2, 0) is 5.51 Å². The molecule has 2 aromatic carbocycles. The zero-order valence-corrected chi connectivity index (χ0v) is 12.7. The number of thiophene rings is 1. The molecule has 21 heavy (non-hydrogen) atoms. The molecule has 1 heterocycles. The summed E-state index contributed by atoms with van der Waals surface area (Å²) in [6.45, 7) is 1.85. The Bertz CT molecular complexity index is 760. The van der Waals surface area contributed by atoms with E-state index in [1.54, 1.807) is 42.5 Å². The first kappa shape index (κ1) is 15.9. The molecule has 0 bridgehead atoms. The minimum Gasteiger partial charge on any atom is -1.00 e. The van der Waals surface area contributed by atoms with E-state index in [2.05, 4.69) is 0 Å². The van der Waals surface area contributed by atoms with Crippen molar-refractivity contribution in [2.75, 3.05) is 0 Å². The molecule has 1 aromatic heterocycles. The molecule has 0 nitrogen and oxygen atoms in total. The van der Waals surface area contributed by atoms with E-state index in [1.165, 1.54) is 0 Å². The van der Waals surface area contributed by atoms with Crippen molar-refractivity contribution in [3.8, 4) is 10.4 Å². The molecule has 110 valence electrons. The van der Waals surface area contributed by atoms with Gasteiger partial charge in [0.25, 0.3) is 0 Å². The maximum absolute atomic E-state index is 13.5. The van der Waals surface area contributed by atoms with Gasteiger partial charge >= 0.3 is 5.51 Å². The van der Waals surface area contributed by atoms with Gasteiger partial charge in [-0.15, -0.1) is 13.2 Å². The number of hydrogen-bond acceptors (Lipinski definition) is 0. The van der Waals surface area contributed by atoms with Crippen LogP contribution in [0.25, 0.3) is 20.5 Å². The van der Waals surface area contributed by atoms with Gasteiger partial charge in [-0.3, -0.25) is 0 Å². The smallest absolute Gasteiger partial charge is 0.601 e. The first-order valence-corrected chi connectivity index (χ1v) is 7.39. The molecule has 0 N–H and O–H groups in total. The molecular formula is C16H12ClF3S. The number of aryl methyl sites for hydroxylation is 1. The summed E-state index contributed by atoms with van der Waals surface area (Å²) in [6.07, 6.45) is 0. The number of alkyl halides is 3. The lowest BCUT2D eigenvalue weighted by molar-refractivity contribution is -0.0864. The Kier molecular flexibility index (Phi) is 4.30. The van der Waals surface area contributed by atoms with E-state index in [1.807, 2.05) is 19.1 Å². The molecular weight excluding hydrogens is 317 g/mol. The molecule has 3 rings (SSSR count). The predicted molar refractivity (Wildman–Crippen MR) is 77.9 cm³/mol. The van der Waals surface area contributed by atoms with Gasteiger partial charge in [-0.1, -0.05) is 30.3 Å². The summed E-state index contributed by atoms with van der Waals surface area (Å²) >= 11 is 0. The molecule has 0 aliphatic rings. The average Bonchev–Trinajstić information content (AvgIpc) is 2.80. The molecule has 0 saturated carbocycles. The Morgan fingerprint density at radius 1 is 0.905 bits per heavy atom. The fraction of sp³-hybridized carbons (Fsp3) is 0.125. The average molecular weight is 329 g/mol. The summed E-state index contributed by atoms with van der Waals surface area (Å²) in [4.78, 5) is 0.363. The minimum atomic E-state index is -4.25. The maximum Gasteiger partial charge on any atom is 0.601 e. The van der Waals surface area contributed by atoms with Crippen LogP contribution in [0.5, 0.6) is 0 Å². The van der Waals surface area contributed by atoms with Crippen LogP contribution in [0.4, 0.5) is 13.2 Å². The Labute approximate surface area is 129 Å². The maximum atomic E-state index is 13.5. The van der Waals surface area contributed by atoms with Crippen molar-refractivity contribution < 1.29 is 25.6 Å². The van der Waals surface area contributed by atoms with Crippen LogP contribution in [0.15, 0.2) is 54.6 Å². The summed E-state index contributed by atoms with van der Waals surface area (Å²) in [6, 6.07) is 15.6. The summed E-state index contributed by atoms with van der Waals surface area (Å²) in [7, 11) is -1.86. The van der Waals surface area contributed by atoms with Gasteiger partial charge < -0.3 is 12.4 Å². The van der Waals surface area contributed by atoms with Crippen molar-refractivity contribution in [2.24, 2.45) is 0 Å². The molecule has 5 heteroatoms. The lowest BCUT2D eigenvalue weighted by atomic mass is 10.1. The normalized spacial score (nSPS) is 12.3. The van der Waals surface area contributed by atoms with Gasteiger partial charge in [0.15, 0.2) is 9.58 Å². The van der Waals surface area contributed by atoms with Gasteiger partial charge in [0.2, 0.25) is 0 Å². The van der Waals surface area contributed by atoms with Crippen molar-refractivity contribution in [2.45, 2.75) is 12.4 Å². The highest BCUT2D eigenvalue weighted by Crippen LogP contribution is 2.54. The highest BCUT2D eigenvalue weighted by molar-refractivity contribution is 7.41. The van der Waals surface area contributed by atoms with E-state index < -0.39 is 16.0 Å². The molecule has 0 saturated heterocycles. The summed E-state index contributed by atoms with van der Waals surface area (Å²) in [5.74, 6) is 0. The van der Waals surface area contributed by atoms with Crippen molar-refractivity contribution >= 4 is 20.6 Å². The van der Waals surface area contributed by atoms with E-state index in [0.29, 0.717) is 20.5 Å². The number of rotatable bonds is 1. The zero-order valence-electron chi connectivity index (χ0n) is 11.1. The van der Waals surface area contributed by atoms with Crippen LogP contribution in [-0.4, -0.2) is 0 Å². The lowest BCUT2D eigenvalue weighted by Crippen LogP contribution is -3.00. The van der Waals surface area contributed by atoms with Gasteiger partial charge in [0.1, 0.15) is 10.5 Å². The molecule has 3 aromatic rings. The van der Waals surface area contributed by atoms with Crippen molar-refractivity contribution in [3.63, 3.8) is 0 Å². The Morgan fingerprint density at radius 2 is 1.57 bits per heavy atom. The van der Waals surface area contributed by atoms with Crippen molar-refractivity contribution in [1.82, 2.24) is 0 Å². The van der Waals surface area contributed by atoms with Gasteiger partial charge in [-0.2, -0.15) is 0 Å². The third-order valence-electron chi connectivity index (χ3n) is 3.29. The molecule has 1 atom stereocenters. The molecule has 0 amide bonds. The van der Waals surface area contributed by atoms with Gasteiger partial charge in [-0.05, 0) is 30.7 Å². The topological polar surface area (TPSA) is 0 Å². The quantitative estimate of drug-likeness (QED) is 0.602. The minimum absolute atomic E-state index is 0. The van der Waals surface area contributed by atoms with E-state index in [0.717, 1.165) is 5.56 Å². The van der Waals surface area contributed by atoms with Gasteiger partial charge in [-0.25, -0.2) is 0 Å². The van der Waals surface area contributed by atoms with Crippen LogP contribution < -0.4 is 12.4 Å². The standard InChI is InChI=1S/C16H12F3S.ClH/c1-11-6-5-9-14-13(11)10-15(20(14)16(17,18)19)12-7-3-2-4-8-12;/h2-10H,1H3;1H/q+1;/p-1. The second kappa shape index (κ2) is 5.70. The molecule has 0 spiro atoms.